The van der Waals surface area contributed by atoms with Crippen molar-refractivity contribution in [2.75, 3.05) is 30.9 Å². The highest BCUT2D eigenvalue weighted by Gasteiger charge is 2.31. The summed E-state index contributed by atoms with van der Waals surface area (Å²) in [6.07, 6.45) is 0.227. The van der Waals surface area contributed by atoms with Crippen LogP contribution in [0.5, 0.6) is 0 Å². The molecule has 1 aliphatic rings. The predicted molar refractivity (Wildman–Crippen MR) is 119 cm³/mol. The van der Waals surface area contributed by atoms with E-state index in [9.17, 15) is 30.0 Å². The second-order valence-electron chi connectivity index (χ2n) is 7.51. The zero-order valence-electron chi connectivity index (χ0n) is 17.3. The predicted octanol–water partition coefficient (Wildman–Crippen LogP) is 0.655. The van der Waals surface area contributed by atoms with Crippen LogP contribution in [-0.4, -0.2) is 67.1 Å². The number of nitrogens with zero attached hydrogens (tertiary/aromatic N) is 1. The van der Waals surface area contributed by atoms with Gasteiger partial charge in [-0.25, -0.2) is 34.3 Å². The normalized spacial score (nSPS) is 18.5. The van der Waals surface area contributed by atoms with Crippen molar-refractivity contribution >= 4 is 41.5 Å². The van der Waals surface area contributed by atoms with Gasteiger partial charge in [-0.05, 0) is 55.0 Å². The standard InChI is InChI=1S/C19H23N3O7S3/c1-22(2)32(28,29)18-7-3-14(4-8-18)19(23)20-15-5-9-17(10-6-15)31(26,27)21-16-11-12-30(24,25)13-16/h3-10,16,21H,11-13H2,1-2H3,(H,20,23). The number of sulfonamides is 2. The number of nitrogens with one attached hydrogen (secondary N) is 2. The Labute approximate surface area is 187 Å². The number of hydrogen-bond acceptors (Lipinski definition) is 7. The van der Waals surface area contributed by atoms with Crippen LogP contribution in [0.25, 0.3) is 0 Å². The van der Waals surface area contributed by atoms with E-state index in [1.807, 2.05) is 0 Å². The van der Waals surface area contributed by atoms with Gasteiger partial charge in [-0.3, -0.25) is 4.79 Å². The van der Waals surface area contributed by atoms with Crippen molar-refractivity contribution in [3.8, 4) is 0 Å². The lowest BCUT2D eigenvalue weighted by Gasteiger charge is -2.13. The number of hydrogen-bond donors (Lipinski definition) is 2. The molecule has 1 fully saturated rings. The second kappa shape index (κ2) is 8.90. The summed E-state index contributed by atoms with van der Waals surface area (Å²) in [5.41, 5.74) is 0.561. The minimum absolute atomic E-state index is 0.0484. The third kappa shape index (κ3) is 5.53. The molecule has 1 heterocycles. The van der Waals surface area contributed by atoms with E-state index in [0.717, 1.165) is 4.31 Å². The van der Waals surface area contributed by atoms with Gasteiger partial charge >= 0.3 is 0 Å². The lowest BCUT2D eigenvalue weighted by Crippen LogP contribution is -2.35. The Kier molecular flexibility index (Phi) is 6.77. The molecular formula is C19H23N3O7S3. The number of rotatable bonds is 7. The van der Waals surface area contributed by atoms with Gasteiger partial charge < -0.3 is 5.32 Å². The van der Waals surface area contributed by atoms with Gasteiger partial charge in [0.05, 0.1) is 21.3 Å². The van der Waals surface area contributed by atoms with Crippen LogP contribution in [0.3, 0.4) is 0 Å². The molecule has 0 bridgehead atoms. The largest absolute Gasteiger partial charge is 0.322 e. The van der Waals surface area contributed by atoms with E-state index in [4.69, 9.17) is 0 Å². The van der Waals surface area contributed by atoms with Crippen LogP contribution in [0.4, 0.5) is 5.69 Å². The molecule has 0 spiro atoms. The van der Waals surface area contributed by atoms with Crippen LogP contribution < -0.4 is 10.0 Å². The number of benzene rings is 2. The Morgan fingerprint density at radius 1 is 0.938 bits per heavy atom. The highest BCUT2D eigenvalue weighted by molar-refractivity contribution is 7.92. The molecule has 0 aliphatic carbocycles. The van der Waals surface area contributed by atoms with E-state index in [0.29, 0.717) is 5.69 Å². The van der Waals surface area contributed by atoms with E-state index in [2.05, 4.69) is 10.0 Å². The molecule has 1 unspecified atom stereocenters. The number of carbonyl (C=O) groups is 1. The van der Waals surface area contributed by atoms with Crippen molar-refractivity contribution < 1.29 is 30.0 Å². The molecule has 0 radical (unpaired) electrons. The lowest BCUT2D eigenvalue weighted by molar-refractivity contribution is 0.102. The van der Waals surface area contributed by atoms with E-state index >= 15 is 0 Å². The summed E-state index contributed by atoms with van der Waals surface area (Å²) in [4.78, 5) is 12.4. The molecule has 1 aliphatic heterocycles. The molecule has 174 valence electrons. The van der Waals surface area contributed by atoms with Gasteiger partial charge in [0.25, 0.3) is 5.91 Å². The minimum Gasteiger partial charge on any atom is -0.322 e. The molecule has 2 aromatic carbocycles. The summed E-state index contributed by atoms with van der Waals surface area (Å²) in [5, 5.41) is 2.61. The van der Waals surface area contributed by atoms with Gasteiger partial charge in [-0.15, -0.1) is 0 Å². The maximum Gasteiger partial charge on any atom is 0.255 e. The number of amides is 1. The first-order chi connectivity index (χ1) is 14.8. The topological polar surface area (TPSA) is 147 Å². The zero-order valence-corrected chi connectivity index (χ0v) is 19.8. The quantitative estimate of drug-likeness (QED) is 0.566. The average Bonchev–Trinajstić information content (AvgIpc) is 3.05. The molecule has 32 heavy (non-hydrogen) atoms. The minimum atomic E-state index is -3.91. The van der Waals surface area contributed by atoms with E-state index in [1.54, 1.807) is 0 Å². The van der Waals surface area contributed by atoms with Crippen LogP contribution in [-0.2, 0) is 29.9 Å². The fraction of sp³-hybridized carbons (Fsp3) is 0.316. The van der Waals surface area contributed by atoms with Gasteiger partial charge in [0.15, 0.2) is 9.84 Å². The first-order valence-corrected chi connectivity index (χ1v) is 14.2. The Morgan fingerprint density at radius 2 is 1.50 bits per heavy atom. The highest BCUT2D eigenvalue weighted by Crippen LogP contribution is 2.19. The molecule has 1 saturated heterocycles. The van der Waals surface area contributed by atoms with Crippen LogP contribution in [0.1, 0.15) is 16.8 Å². The number of carbonyl (C=O) groups excluding carboxylic acids is 1. The van der Waals surface area contributed by atoms with Gasteiger partial charge in [0.2, 0.25) is 20.0 Å². The summed E-state index contributed by atoms with van der Waals surface area (Å²) >= 11 is 0. The van der Waals surface area contributed by atoms with Crippen LogP contribution >= 0.6 is 0 Å². The van der Waals surface area contributed by atoms with Crippen LogP contribution in [0.2, 0.25) is 0 Å². The summed E-state index contributed by atoms with van der Waals surface area (Å²) in [5.74, 6) is -0.772. The SMILES string of the molecule is CN(C)S(=O)(=O)c1ccc(C(=O)Nc2ccc(S(=O)(=O)NC3CCS(=O)(=O)C3)cc2)cc1. The Morgan fingerprint density at radius 3 is 2.00 bits per heavy atom. The van der Waals surface area contributed by atoms with Crippen LogP contribution in [0, 0.1) is 0 Å². The van der Waals surface area contributed by atoms with Gasteiger partial charge in [-0.1, -0.05) is 0 Å². The maximum atomic E-state index is 12.5. The zero-order chi connectivity index (χ0) is 23.7. The molecule has 13 heteroatoms. The molecule has 10 nitrogen and oxygen atoms in total. The molecule has 3 rings (SSSR count). The molecule has 0 saturated carbocycles. The highest BCUT2D eigenvalue weighted by atomic mass is 32.2. The number of sulfone groups is 1. The van der Waals surface area contributed by atoms with Gasteiger partial charge in [0.1, 0.15) is 0 Å². The van der Waals surface area contributed by atoms with E-state index in [-0.39, 0.29) is 33.3 Å². The summed E-state index contributed by atoms with van der Waals surface area (Å²) in [6.45, 7) is 0. The van der Waals surface area contributed by atoms with Crippen molar-refractivity contribution in [3.05, 3.63) is 54.1 Å². The Balaban J connectivity index is 1.67. The van der Waals surface area contributed by atoms with Gasteiger partial charge in [-0.2, -0.15) is 0 Å². The van der Waals surface area contributed by atoms with E-state index < -0.39 is 41.8 Å². The first kappa shape index (κ1) is 24.3. The second-order valence-corrected chi connectivity index (χ2v) is 13.6. The third-order valence-electron chi connectivity index (χ3n) is 4.87. The average molecular weight is 502 g/mol. The third-order valence-corrected chi connectivity index (χ3v) is 10.0. The summed E-state index contributed by atoms with van der Waals surface area (Å²) in [7, 11) is -7.92. The van der Waals surface area contributed by atoms with Gasteiger partial charge in [0, 0.05) is 31.4 Å². The Hall–Kier alpha value is -2.32. The Bertz CT molecular complexity index is 1320. The molecule has 1 amide bonds. The molecule has 1 atom stereocenters. The molecular weight excluding hydrogens is 478 g/mol. The van der Waals surface area contributed by atoms with Crippen molar-refractivity contribution in [2.24, 2.45) is 0 Å². The summed E-state index contributed by atoms with van der Waals surface area (Å²) in [6, 6.07) is 10.2. The lowest BCUT2D eigenvalue weighted by atomic mass is 10.2. The molecule has 0 aromatic heterocycles. The van der Waals surface area contributed by atoms with Crippen molar-refractivity contribution in [3.63, 3.8) is 0 Å². The molecule has 2 N–H and O–H groups in total. The number of anilines is 1. The van der Waals surface area contributed by atoms with Crippen molar-refractivity contribution in [1.29, 1.82) is 0 Å². The maximum absolute atomic E-state index is 12.5. The summed E-state index contributed by atoms with van der Waals surface area (Å²) < 4.78 is 75.6. The fourth-order valence-corrected chi connectivity index (χ4v) is 7.04. The smallest absolute Gasteiger partial charge is 0.255 e. The monoisotopic (exact) mass is 501 g/mol. The van der Waals surface area contributed by atoms with E-state index in [1.165, 1.54) is 62.6 Å². The fourth-order valence-electron chi connectivity index (χ4n) is 3.09. The van der Waals surface area contributed by atoms with Crippen molar-refractivity contribution in [2.45, 2.75) is 22.3 Å². The first-order valence-electron chi connectivity index (χ1n) is 9.47. The van der Waals surface area contributed by atoms with Crippen molar-refractivity contribution in [1.82, 2.24) is 9.03 Å². The molecule has 2 aromatic rings. The van der Waals surface area contributed by atoms with Crippen LogP contribution in [0.15, 0.2) is 58.3 Å².